The third kappa shape index (κ3) is 9.04. The van der Waals surface area contributed by atoms with Crippen LogP contribution < -0.4 is 0 Å². The average molecular weight is 264 g/mol. The van der Waals surface area contributed by atoms with Crippen LogP contribution in [-0.4, -0.2) is 12.2 Å². The molecule has 110 valence electrons. The van der Waals surface area contributed by atoms with E-state index in [1.165, 1.54) is 44.9 Å². The molecule has 1 rings (SSSR count). The second-order valence-corrected chi connectivity index (χ2v) is 5.59. The van der Waals surface area contributed by atoms with Crippen molar-refractivity contribution in [2.45, 2.75) is 90.3 Å². The maximum atomic E-state index is 5.50. The lowest BCUT2D eigenvalue weighted by molar-refractivity contribution is 0.367. The molecule has 1 heterocycles. The number of allylic oxidation sites excluding steroid dienone is 3. The maximum Gasteiger partial charge on any atom is 0.0876 e. The first-order chi connectivity index (χ1) is 9.38. The van der Waals surface area contributed by atoms with Gasteiger partial charge in [0, 0.05) is 0 Å². The molecule has 2 atom stereocenters. The second kappa shape index (κ2) is 11.3. The standard InChI is InChI=1S/C18H32O/c1-3-5-6-7-8-9-10-11-12-13-14-15-16-18-17(4-2)19-18/h11-12,14-15,17-18H,3-10,13,16H2,1-2H3/b12-11-,15-14-. The van der Waals surface area contributed by atoms with Crippen molar-refractivity contribution in [3.63, 3.8) is 0 Å². The minimum Gasteiger partial charge on any atom is -0.369 e. The molecule has 2 unspecified atom stereocenters. The van der Waals surface area contributed by atoms with Crippen molar-refractivity contribution >= 4 is 0 Å². The smallest absolute Gasteiger partial charge is 0.0876 e. The van der Waals surface area contributed by atoms with Gasteiger partial charge in [-0.3, -0.25) is 0 Å². The molecule has 19 heavy (non-hydrogen) atoms. The molecule has 0 aromatic heterocycles. The molecule has 1 nitrogen and oxygen atoms in total. The van der Waals surface area contributed by atoms with Gasteiger partial charge in [0.05, 0.1) is 12.2 Å². The van der Waals surface area contributed by atoms with Crippen molar-refractivity contribution in [3.05, 3.63) is 24.3 Å². The molecule has 1 heteroatoms. The Labute approximate surface area is 120 Å². The summed E-state index contributed by atoms with van der Waals surface area (Å²) in [6.45, 7) is 4.47. The topological polar surface area (TPSA) is 12.5 Å². The predicted octanol–water partition coefficient (Wildman–Crippen LogP) is 5.81. The van der Waals surface area contributed by atoms with E-state index >= 15 is 0 Å². The highest BCUT2D eigenvalue weighted by Gasteiger charge is 2.35. The highest BCUT2D eigenvalue weighted by molar-refractivity contribution is 4.97. The Kier molecular flexibility index (Phi) is 9.79. The Morgan fingerprint density at radius 1 is 0.789 bits per heavy atom. The highest BCUT2D eigenvalue weighted by atomic mass is 16.6. The van der Waals surface area contributed by atoms with Crippen LogP contribution in [0.1, 0.15) is 78.1 Å². The first kappa shape index (κ1) is 16.5. The summed E-state index contributed by atoms with van der Waals surface area (Å²) >= 11 is 0. The summed E-state index contributed by atoms with van der Waals surface area (Å²) in [4.78, 5) is 0. The molecule has 1 saturated heterocycles. The van der Waals surface area contributed by atoms with Crippen LogP contribution in [0.5, 0.6) is 0 Å². The summed E-state index contributed by atoms with van der Waals surface area (Å²) in [6, 6.07) is 0. The first-order valence-corrected chi connectivity index (χ1v) is 8.34. The molecular formula is C18H32O. The Balaban J connectivity index is 1.81. The van der Waals surface area contributed by atoms with Gasteiger partial charge in [-0.25, -0.2) is 0 Å². The van der Waals surface area contributed by atoms with Gasteiger partial charge in [-0.05, 0) is 32.1 Å². The van der Waals surface area contributed by atoms with Crippen molar-refractivity contribution in [1.29, 1.82) is 0 Å². The fraction of sp³-hybridized carbons (Fsp3) is 0.778. The molecule has 0 aliphatic carbocycles. The van der Waals surface area contributed by atoms with E-state index in [1.807, 2.05) is 0 Å². The van der Waals surface area contributed by atoms with Crippen molar-refractivity contribution in [3.8, 4) is 0 Å². The van der Waals surface area contributed by atoms with E-state index in [0.29, 0.717) is 12.2 Å². The van der Waals surface area contributed by atoms with Crippen LogP contribution in [0.15, 0.2) is 24.3 Å². The molecule has 1 aliphatic rings. The Morgan fingerprint density at radius 2 is 1.53 bits per heavy atom. The van der Waals surface area contributed by atoms with Crippen molar-refractivity contribution in [1.82, 2.24) is 0 Å². The normalized spacial score (nSPS) is 22.6. The largest absolute Gasteiger partial charge is 0.369 e. The van der Waals surface area contributed by atoms with Gasteiger partial charge in [-0.15, -0.1) is 0 Å². The van der Waals surface area contributed by atoms with E-state index in [0.717, 1.165) is 19.3 Å². The molecule has 0 aromatic rings. The van der Waals surface area contributed by atoms with Gasteiger partial charge in [0.1, 0.15) is 0 Å². The molecule has 0 saturated carbocycles. The van der Waals surface area contributed by atoms with E-state index < -0.39 is 0 Å². The molecule has 0 aromatic carbocycles. The van der Waals surface area contributed by atoms with E-state index in [9.17, 15) is 0 Å². The van der Waals surface area contributed by atoms with Crippen LogP contribution in [0.2, 0.25) is 0 Å². The summed E-state index contributed by atoms with van der Waals surface area (Å²) in [7, 11) is 0. The van der Waals surface area contributed by atoms with Gasteiger partial charge in [-0.1, -0.05) is 70.3 Å². The van der Waals surface area contributed by atoms with Gasteiger partial charge in [0.25, 0.3) is 0 Å². The quantitative estimate of drug-likeness (QED) is 0.246. The summed E-state index contributed by atoms with van der Waals surface area (Å²) in [5, 5.41) is 0. The zero-order valence-electron chi connectivity index (χ0n) is 12.9. The monoisotopic (exact) mass is 264 g/mol. The highest BCUT2D eigenvalue weighted by Crippen LogP contribution is 2.28. The van der Waals surface area contributed by atoms with Crippen molar-refractivity contribution in [2.75, 3.05) is 0 Å². The van der Waals surface area contributed by atoms with Gasteiger partial charge < -0.3 is 4.74 Å². The van der Waals surface area contributed by atoms with Crippen LogP contribution in [-0.2, 0) is 4.74 Å². The molecule has 1 aliphatic heterocycles. The Morgan fingerprint density at radius 3 is 2.26 bits per heavy atom. The third-order valence-electron chi connectivity index (χ3n) is 3.79. The van der Waals surface area contributed by atoms with Gasteiger partial charge in [0.2, 0.25) is 0 Å². The molecule has 1 fully saturated rings. The summed E-state index contributed by atoms with van der Waals surface area (Å²) in [6.07, 6.45) is 23.2. The zero-order chi connectivity index (χ0) is 13.8. The lowest BCUT2D eigenvalue weighted by atomic mass is 10.1. The van der Waals surface area contributed by atoms with E-state index in [2.05, 4.69) is 38.2 Å². The van der Waals surface area contributed by atoms with Crippen molar-refractivity contribution in [2.24, 2.45) is 0 Å². The molecule has 0 N–H and O–H groups in total. The lowest BCUT2D eigenvalue weighted by Crippen LogP contribution is -1.88. The fourth-order valence-electron chi connectivity index (χ4n) is 2.41. The van der Waals surface area contributed by atoms with Crippen LogP contribution in [0, 0.1) is 0 Å². The third-order valence-corrected chi connectivity index (χ3v) is 3.79. The molecule has 0 bridgehead atoms. The van der Waals surface area contributed by atoms with E-state index in [-0.39, 0.29) is 0 Å². The number of hydrogen-bond donors (Lipinski definition) is 0. The van der Waals surface area contributed by atoms with Gasteiger partial charge in [0.15, 0.2) is 0 Å². The van der Waals surface area contributed by atoms with Crippen molar-refractivity contribution < 1.29 is 4.74 Å². The van der Waals surface area contributed by atoms with E-state index in [1.54, 1.807) is 0 Å². The number of rotatable bonds is 12. The minimum absolute atomic E-state index is 0.522. The number of hydrogen-bond acceptors (Lipinski definition) is 1. The number of unbranched alkanes of at least 4 members (excludes halogenated alkanes) is 6. The fourth-order valence-corrected chi connectivity index (χ4v) is 2.41. The number of ether oxygens (including phenoxy) is 1. The second-order valence-electron chi connectivity index (χ2n) is 5.59. The van der Waals surface area contributed by atoms with Crippen LogP contribution in [0.25, 0.3) is 0 Å². The Bertz CT molecular complexity index is 254. The van der Waals surface area contributed by atoms with E-state index in [4.69, 9.17) is 4.74 Å². The molecule has 0 radical (unpaired) electrons. The molecule has 0 spiro atoms. The van der Waals surface area contributed by atoms with Crippen LogP contribution in [0.3, 0.4) is 0 Å². The van der Waals surface area contributed by atoms with Gasteiger partial charge in [-0.2, -0.15) is 0 Å². The maximum absolute atomic E-state index is 5.50. The molecule has 0 amide bonds. The summed E-state index contributed by atoms with van der Waals surface area (Å²) in [5.41, 5.74) is 0. The Hall–Kier alpha value is -0.560. The lowest BCUT2D eigenvalue weighted by Gasteiger charge is -1.97. The van der Waals surface area contributed by atoms with Gasteiger partial charge >= 0.3 is 0 Å². The summed E-state index contributed by atoms with van der Waals surface area (Å²) < 4.78 is 5.50. The molecular weight excluding hydrogens is 232 g/mol. The zero-order valence-corrected chi connectivity index (χ0v) is 12.9. The van der Waals surface area contributed by atoms with Crippen LogP contribution >= 0.6 is 0 Å². The average Bonchev–Trinajstić information content (AvgIpc) is 3.19. The SMILES string of the molecule is CCCCCCCC/C=C\C/C=C\CC1OC1CC. The first-order valence-electron chi connectivity index (χ1n) is 8.34. The van der Waals surface area contributed by atoms with Crippen LogP contribution in [0.4, 0.5) is 0 Å². The number of epoxide rings is 1. The minimum atomic E-state index is 0.522. The summed E-state index contributed by atoms with van der Waals surface area (Å²) in [5.74, 6) is 0. The predicted molar refractivity (Wildman–Crippen MR) is 84.5 cm³/mol.